The summed E-state index contributed by atoms with van der Waals surface area (Å²) in [6.07, 6.45) is 4.06. The number of aromatic nitrogens is 1. The average Bonchev–Trinajstić information content (AvgIpc) is 2.55. The Kier molecular flexibility index (Phi) is 3.75. The lowest BCUT2D eigenvalue weighted by Gasteiger charge is -2.34. The first-order chi connectivity index (χ1) is 10.7. The maximum absolute atomic E-state index is 11.8. The zero-order valence-electron chi connectivity index (χ0n) is 12.3. The zero-order chi connectivity index (χ0) is 15.5. The van der Waals surface area contributed by atoms with Gasteiger partial charge in [-0.25, -0.2) is 0 Å². The quantitative estimate of drug-likeness (QED) is 0.924. The fourth-order valence-corrected chi connectivity index (χ4v) is 2.83. The number of amides is 1. The van der Waals surface area contributed by atoms with Crippen molar-refractivity contribution in [2.45, 2.75) is 19.4 Å². The number of nitrogens with zero attached hydrogens (tertiary/aromatic N) is 3. The molecular formula is C17H16N4O. The molecule has 1 unspecified atom stereocenters. The molecule has 1 aromatic heterocycles. The van der Waals surface area contributed by atoms with Crippen molar-refractivity contribution in [1.82, 2.24) is 4.98 Å². The first-order valence-electron chi connectivity index (χ1n) is 7.18. The Morgan fingerprint density at radius 1 is 1.41 bits per heavy atom. The standard InChI is InChI=1S/C17H16N4O/c1-12(22)21-9-7-15(14-4-2-3-5-17(14)21)20-16-11-19-8-6-13(16)10-18/h2-6,8,11,15,20H,7,9H2,1H3. The molecule has 1 atom stereocenters. The molecule has 0 saturated carbocycles. The van der Waals surface area contributed by atoms with Crippen LogP contribution in [-0.4, -0.2) is 17.4 Å². The van der Waals surface area contributed by atoms with Crippen LogP contribution in [0.5, 0.6) is 0 Å². The van der Waals surface area contributed by atoms with Crippen LogP contribution in [0.25, 0.3) is 0 Å². The molecule has 1 aliphatic rings. The van der Waals surface area contributed by atoms with E-state index in [0.717, 1.165) is 23.4 Å². The minimum atomic E-state index is 0.0463. The predicted octanol–water partition coefficient (Wildman–Crippen LogP) is 2.86. The third-order valence-electron chi connectivity index (χ3n) is 3.90. The van der Waals surface area contributed by atoms with Crippen LogP contribution in [0.4, 0.5) is 11.4 Å². The largest absolute Gasteiger partial charge is 0.376 e. The monoisotopic (exact) mass is 292 g/mol. The van der Waals surface area contributed by atoms with Gasteiger partial charge in [-0.3, -0.25) is 9.78 Å². The molecule has 1 aliphatic heterocycles. The van der Waals surface area contributed by atoms with Crippen LogP contribution in [0.2, 0.25) is 0 Å². The highest BCUT2D eigenvalue weighted by molar-refractivity contribution is 5.93. The lowest BCUT2D eigenvalue weighted by Crippen LogP contribution is -2.36. The molecule has 0 fully saturated rings. The van der Waals surface area contributed by atoms with Crippen LogP contribution in [0.1, 0.15) is 30.5 Å². The van der Waals surface area contributed by atoms with Crippen LogP contribution >= 0.6 is 0 Å². The number of hydrogen-bond donors (Lipinski definition) is 1. The fourth-order valence-electron chi connectivity index (χ4n) is 2.83. The van der Waals surface area contributed by atoms with Gasteiger partial charge in [0.2, 0.25) is 5.91 Å². The molecule has 1 amide bonds. The molecule has 0 bridgehead atoms. The van der Waals surface area contributed by atoms with Crippen molar-refractivity contribution in [1.29, 1.82) is 5.26 Å². The Balaban J connectivity index is 1.95. The molecule has 0 radical (unpaired) electrons. The number of benzene rings is 1. The third kappa shape index (κ3) is 2.51. The first kappa shape index (κ1) is 14.1. The molecule has 1 aromatic carbocycles. The van der Waals surface area contributed by atoms with E-state index in [9.17, 15) is 10.1 Å². The summed E-state index contributed by atoms with van der Waals surface area (Å²) in [6.45, 7) is 2.24. The minimum Gasteiger partial charge on any atom is -0.376 e. The summed E-state index contributed by atoms with van der Waals surface area (Å²) in [4.78, 5) is 17.7. The second kappa shape index (κ2) is 5.86. The Hall–Kier alpha value is -2.87. The Bertz CT molecular complexity index is 750. The number of hydrogen-bond acceptors (Lipinski definition) is 4. The molecule has 0 saturated heterocycles. The molecule has 3 rings (SSSR count). The summed E-state index contributed by atoms with van der Waals surface area (Å²) in [5, 5.41) is 12.6. The summed E-state index contributed by atoms with van der Waals surface area (Å²) in [6, 6.07) is 11.8. The van der Waals surface area contributed by atoms with Gasteiger partial charge in [0.25, 0.3) is 0 Å². The van der Waals surface area contributed by atoms with Crippen LogP contribution < -0.4 is 10.2 Å². The van der Waals surface area contributed by atoms with Crippen molar-refractivity contribution >= 4 is 17.3 Å². The van der Waals surface area contributed by atoms with E-state index >= 15 is 0 Å². The topological polar surface area (TPSA) is 69.0 Å². The predicted molar refractivity (Wildman–Crippen MR) is 84.4 cm³/mol. The van der Waals surface area contributed by atoms with Gasteiger partial charge in [-0.05, 0) is 24.1 Å². The number of nitriles is 1. The first-order valence-corrected chi connectivity index (χ1v) is 7.18. The highest BCUT2D eigenvalue weighted by Crippen LogP contribution is 2.36. The summed E-state index contributed by atoms with van der Waals surface area (Å²) >= 11 is 0. The van der Waals surface area contributed by atoms with Gasteiger partial charge >= 0.3 is 0 Å². The van der Waals surface area contributed by atoms with E-state index in [1.165, 1.54) is 0 Å². The van der Waals surface area contributed by atoms with Crippen molar-refractivity contribution in [2.75, 3.05) is 16.8 Å². The summed E-state index contributed by atoms with van der Waals surface area (Å²) < 4.78 is 0. The van der Waals surface area contributed by atoms with E-state index in [0.29, 0.717) is 12.1 Å². The van der Waals surface area contributed by atoms with Gasteiger partial charge in [0.05, 0.1) is 23.5 Å². The molecule has 5 nitrogen and oxygen atoms in total. The van der Waals surface area contributed by atoms with Crippen molar-refractivity contribution in [2.24, 2.45) is 0 Å². The molecule has 22 heavy (non-hydrogen) atoms. The number of carbonyl (C=O) groups is 1. The SMILES string of the molecule is CC(=O)N1CCC(Nc2cnccc2C#N)c2ccccc21. The number of fused-ring (bicyclic) bond motifs is 1. The smallest absolute Gasteiger partial charge is 0.223 e. The maximum atomic E-state index is 11.8. The highest BCUT2D eigenvalue weighted by atomic mass is 16.2. The molecule has 0 aliphatic carbocycles. The van der Waals surface area contributed by atoms with Crippen LogP contribution in [0, 0.1) is 11.3 Å². The van der Waals surface area contributed by atoms with Crippen LogP contribution in [0.15, 0.2) is 42.7 Å². The number of carbonyl (C=O) groups excluding carboxylic acids is 1. The van der Waals surface area contributed by atoms with Crippen LogP contribution in [0.3, 0.4) is 0 Å². The van der Waals surface area contributed by atoms with Gasteiger partial charge in [0.1, 0.15) is 6.07 Å². The number of anilines is 2. The van der Waals surface area contributed by atoms with E-state index in [1.54, 1.807) is 30.3 Å². The Morgan fingerprint density at radius 2 is 2.23 bits per heavy atom. The Labute approximate surface area is 129 Å². The van der Waals surface area contributed by atoms with E-state index in [-0.39, 0.29) is 11.9 Å². The van der Waals surface area contributed by atoms with E-state index < -0.39 is 0 Å². The number of nitrogens with one attached hydrogen (secondary N) is 1. The van der Waals surface area contributed by atoms with Gasteiger partial charge in [-0.1, -0.05) is 18.2 Å². The average molecular weight is 292 g/mol. The van der Waals surface area contributed by atoms with E-state index in [2.05, 4.69) is 16.4 Å². The molecule has 2 heterocycles. The zero-order valence-corrected chi connectivity index (χ0v) is 12.3. The van der Waals surface area contributed by atoms with Crippen LogP contribution in [-0.2, 0) is 4.79 Å². The van der Waals surface area contributed by atoms with Gasteiger partial charge in [-0.15, -0.1) is 0 Å². The normalized spacial score (nSPS) is 16.5. The lowest BCUT2D eigenvalue weighted by molar-refractivity contribution is -0.116. The third-order valence-corrected chi connectivity index (χ3v) is 3.90. The molecule has 1 N–H and O–H groups in total. The van der Waals surface area contributed by atoms with Gasteiger partial charge < -0.3 is 10.2 Å². The number of rotatable bonds is 2. The second-order valence-electron chi connectivity index (χ2n) is 5.25. The van der Waals surface area contributed by atoms with Crippen molar-refractivity contribution in [3.05, 3.63) is 53.9 Å². The van der Waals surface area contributed by atoms with Crippen molar-refractivity contribution < 1.29 is 4.79 Å². The highest BCUT2D eigenvalue weighted by Gasteiger charge is 2.27. The molecule has 0 spiro atoms. The number of para-hydroxylation sites is 1. The summed E-state index contributed by atoms with van der Waals surface area (Å²) in [5.41, 5.74) is 3.29. The van der Waals surface area contributed by atoms with Crippen molar-refractivity contribution in [3.8, 4) is 6.07 Å². The molecule has 2 aromatic rings. The summed E-state index contributed by atoms with van der Waals surface area (Å²) in [7, 11) is 0. The van der Waals surface area contributed by atoms with E-state index in [4.69, 9.17) is 0 Å². The molecular weight excluding hydrogens is 276 g/mol. The van der Waals surface area contributed by atoms with Crippen molar-refractivity contribution in [3.63, 3.8) is 0 Å². The maximum Gasteiger partial charge on any atom is 0.223 e. The summed E-state index contributed by atoms with van der Waals surface area (Å²) in [5.74, 6) is 0.0463. The molecule has 5 heteroatoms. The van der Waals surface area contributed by atoms with E-state index in [1.807, 2.05) is 24.3 Å². The van der Waals surface area contributed by atoms with Gasteiger partial charge in [-0.2, -0.15) is 5.26 Å². The minimum absolute atomic E-state index is 0.0463. The lowest BCUT2D eigenvalue weighted by atomic mass is 9.96. The van der Waals surface area contributed by atoms with Gasteiger partial charge in [0, 0.05) is 25.4 Å². The second-order valence-corrected chi connectivity index (χ2v) is 5.25. The number of pyridine rings is 1. The fraction of sp³-hybridized carbons (Fsp3) is 0.235. The Morgan fingerprint density at radius 3 is 3.00 bits per heavy atom. The van der Waals surface area contributed by atoms with Gasteiger partial charge in [0.15, 0.2) is 0 Å². The molecule has 110 valence electrons.